The van der Waals surface area contributed by atoms with E-state index in [2.05, 4.69) is 46.4 Å². The number of rotatable bonds is 2. The zero-order chi connectivity index (χ0) is 10.1. The zero-order valence-electron chi connectivity index (χ0n) is 9.78. The molecule has 1 nitrogen and oxygen atoms in total. The fourth-order valence-corrected chi connectivity index (χ4v) is 3.03. The Morgan fingerprint density at radius 2 is 1.62 bits per heavy atom. The van der Waals surface area contributed by atoms with E-state index in [0.717, 1.165) is 5.92 Å². The van der Waals surface area contributed by atoms with Gasteiger partial charge in [-0.1, -0.05) is 6.92 Å². The molecule has 1 fully saturated rings. The van der Waals surface area contributed by atoms with Gasteiger partial charge >= 0.3 is 0 Å². The molecule has 0 saturated carbocycles. The van der Waals surface area contributed by atoms with Crippen LogP contribution in [-0.4, -0.2) is 11.1 Å². The van der Waals surface area contributed by atoms with Crippen LogP contribution in [0.15, 0.2) is 0 Å². The minimum Gasteiger partial charge on any atom is -0.307 e. The molecule has 0 atom stereocenters. The van der Waals surface area contributed by atoms with Gasteiger partial charge in [-0.25, -0.2) is 0 Å². The van der Waals surface area contributed by atoms with Crippen molar-refractivity contribution < 1.29 is 0 Å². The molecule has 1 rings (SSSR count). The summed E-state index contributed by atoms with van der Waals surface area (Å²) in [5.74, 6) is 0.872. The first-order valence-electron chi connectivity index (χ1n) is 5.42. The van der Waals surface area contributed by atoms with Crippen molar-refractivity contribution in [3.05, 3.63) is 6.42 Å². The molecule has 1 N–H and O–H groups in total. The molecule has 0 aromatic carbocycles. The number of nitrogens with one attached hydrogen (secondary N) is 1. The van der Waals surface area contributed by atoms with Crippen molar-refractivity contribution in [2.24, 2.45) is 5.92 Å². The highest BCUT2D eigenvalue weighted by Crippen LogP contribution is 2.34. The quantitative estimate of drug-likeness (QED) is 0.691. The van der Waals surface area contributed by atoms with Crippen molar-refractivity contribution in [2.45, 2.75) is 65.0 Å². The number of hydrogen-bond donors (Lipinski definition) is 1. The summed E-state index contributed by atoms with van der Waals surface area (Å²) >= 11 is 0. The average molecular weight is 182 g/mol. The smallest absolute Gasteiger partial charge is 0.0132 e. The first-order valence-corrected chi connectivity index (χ1v) is 5.42. The fraction of sp³-hybridized carbons (Fsp3) is 0.917. The molecule has 1 heterocycles. The van der Waals surface area contributed by atoms with E-state index in [1.165, 1.54) is 19.3 Å². The van der Waals surface area contributed by atoms with Crippen molar-refractivity contribution in [2.75, 3.05) is 0 Å². The third-order valence-corrected chi connectivity index (χ3v) is 2.84. The van der Waals surface area contributed by atoms with Gasteiger partial charge in [0.1, 0.15) is 0 Å². The van der Waals surface area contributed by atoms with Gasteiger partial charge in [-0.2, -0.15) is 0 Å². The molecule has 0 aromatic heterocycles. The molecule has 0 spiro atoms. The Labute approximate surface area is 83.3 Å². The molecule has 1 saturated heterocycles. The minimum absolute atomic E-state index is 0.315. The second-order valence-corrected chi connectivity index (χ2v) is 5.81. The molecule has 1 heteroatoms. The molecule has 77 valence electrons. The van der Waals surface area contributed by atoms with E-state index in [1.807, 2.05) is 0 Å². The van der Waals surface area contributed by atoms with Crippen molar-refractivity contribution >= 4 is 0 Å². The molecule has 0 unspecified atom stereocenters. The van der Waals surface area contributed by atoms with Crippen LogP contribution in [0.1, 0.15) is 53.9 Å². The number of hydrogen-bond acceptors (Lipinski definition) is 1. The van der Waals surface area contributed by atoms with E-state index in [4.69, 9.17) is 0 Å². The lowest BCUT2D eigenvalue weighted by Gasteiger charge is -2.46. The van der Waals surface area contributed by atoms with Crippen molar-refractivity contribution in [1.82, 2.24) is 5.32 Å². The Hall–Kier alpha value is -0.0400. The van der Waals surface area contributed by atoms with Crippen LogP contribution in [-0.2, 0) is 0 Å². The molecule has 1 radical (unpaired) electrons. The van der Waals surface area contributed by atoms with Crippen molar-refractivity contribution in [1.29, 1.82) is 0 Å². The van der Waals surface area contributed by atoms with Gasteiger partial charge in [-0.05, 0) is 59.3 Å². The van der Waals surface area contributed by atoms with Gasteiger partial charge in [0.05, 0.1) is 0 Å². The van der Waals surface area contributed by atoms with E-state index in [1.54, 1.807) is 0 Å². The van der Waals surface area contributed by atoms with Gasteiger partial charge in [-0.15, -0.1) is 0 Å². The maximum atomic E-state index is 3.71. The minimum atomic E-state index is 0.315. The molecular formula is C12H24N. The highest BCUT2D eigenvalue weighted by Gasteiger charge is 2.36. The van der Waals surface area contributed by atoms with Crippen LogP contribution in [0.5, 0.6) is 0 Å². The average Bonchev–Trinajstić information content (AvgIpc) is 1.78. The van der Waals surface area contributed by atoms with E-state index in [0.29, 0.717) is 11.1 Å². The van der Waals surface area contributed by atoms with Crippen LogP contribution in [0.2, 0.25) is 0 Å². The summed E-state index contributed by atoms with van der Waals surface area (Å²) in [6, 6.07) is 0. The molecule has 1 aliphatic heterocycles. The second-order valence-electron chi connectivity index (χ2n) is 5.81. The first-order chi connectivity index (χ1) is 5.85. The Morgan fingerprint density at radius 3 is 2.00 bits per heavy atom. The first kappa shape index (κ1) is 11.0. The lowest BCUT2D eigenvalue weighted by atomic mass is 9.74. The second kappa shape index (κ2) is 3.61. The van der Waals surface area contributed by atoms with Crippen molar-refractivity contribution in [3.63, 3.8) is 0 Å². The normalized spacial score (nSPS) is 27.5. The van der Waals surface area contributed by atoms with Crippen LogP contribution < -0.4 is 5.32 Å². The fourth-order valence-electron chi connectivity index (χ4n) is 3.03. The Kier molecular flexibility index (Phi) is 3.06. The van der Waals surface area contributed by atoms with E-state index < -0.39 is 0 Å². The SMILES string of the molecule is C[CH]CC1CC(C)(C)NC(C)(C)C1. The van der Waals surface area contributed by atoms with E-state index in [9.17, 15) is 0 Å². The predicted molar refractivity (Wildman–Crippen MR) is 58.6 cm³/mol. The summed E-state index contributed by atoms with van der Waals surface area (Å²) in [5.41, 5.74) is 0.630. The van der Waals surface area contributed by atoms with E-state index >= 15 is 0 Å². The Balaban J connectivity index is 2.61. The van der Waals surface area contributed by atoms with Gasteiger partial charge in [0, 0.05) is 11.1 Å². The van der Waals surface area contributed by atoms with Crippen LogP contribution >= 0.6 is 0 Å². The van der Waals surface area contributed by atoms with Crippen LogP contribution in [0, 0.1) is 12.3 Å². The monoisotopic (exact) mass is 182 g/mol. The summed E-state index contributed by atoms with van der Waals surface area (Å²) in [5, 5.41) is 3.71. The molecule has 0 bridgehead atoms. The van der Waals surface area contributed by atoms with E-state index in [-0.39, 0.29) is 0 Å². The molecule has 0 amide bonds. The maximum Gasteiger partial charge on any atom is 0.0132 e. The molecule has 0 aromatic rings. The Bertz CT molecular complexity index is 154. The summed E-state index contributed by atoms with van der Waals surface area (Å²) < 4.78 is 0. The van der Waals surface area contributed by atoms with Gasteiger partial charge in [0.2, 0.25) is 0 Å². The van der Waals surface area contributed by atoms with Crippen molar-refractivity contribution in [3.8, 4) is 0 Å². The summed E-state index contributed by atoms with van der Waals surface area (Å²) in [7, 11) is 0. The standard InChI is InChI=1S/C12H24N/c1-6-7-10-8-11(2,3)13-12(4,5)9-10/h6,10,13H,7-9H2,1-5H3. The molecule has 13 heavy (non-hydrogen) atoms. The predicted octanol–water partition coefficient (Wildman–Crippen LogP) is 3.16. The van der Waals surface area contributed by atoms with Gasteiger partial charge in [0.15, 0.2) is 0 Å². The highest BCUT2D eigenvalue weighted by atomic mass is 15.0. The van der Waals surface area contributed by atoms with Crippen LogP contribution in [0.25, 0.3) is 0 Å². The topological polar surface area (TPSA) is 12.0 Å². The van der Waals surface area contributed by atoms with Crippen LogP contribution in [0.4, 0.5) is 0 Å². The third kappa shape index (κ3) is 3.30. The molecule has 1 aliphatic rings. The molecule has 0 aliphatic carbocycles. The lowest BCUT2D eigenvalue weighted by molar-refractivity contribution is 0.128. The van der Waals surface area contributed by atoms with Gasteiger partial charge in [-0.3, -0.25) is 0 Å². The Morgan fingerprint density at radius 1 is 1.15 bits per heavy atom. The third-order valence-electron chi connectivity index (χ3n) is 2.84. The number of piperidine rings is 1. The highest BCUT2D eigenvalue weighted by molar-refractivity contribution is 4.97. The maximum absolute atomic E-state index is 3.71. The summed E-state index contributed by atoms with van der Waals surface area (Å²) in [4.78, 5) is 0. The van der Waals surface area contributed by atoms with Gasteiger partial charge in [0.25, 0.3) is 0 Å². The van der Waals surface area contributed by atoms with Gasteiger partial charge < -0.3 is 5.32 Å². The van der Waals surface area contributed by atoms with Crippen LogP contribution in [0.3, 0.4) is 0 Å². The zero-order valence-corrected chi connectivity index (χ0v) is 9.78. The largest absolute Gasteiger partial charge is 0.307 e. The summed E-state index contributed by atoms with van der Waals surface area (Å²) in [6.07, 6.45) is 6.19. The summed E-state index contributed by atoms with van der Waals surface area (Å²) in [6.45, 7) is 11.4. The lowest BCUT2D eigenvalue weighted by Crippen LogP contribution is -2.57. The molecular weight excluding hydrogens is 158 g/mol.